The summed E-state index contributed by atoms with van der Waals surface area (Å²) in [5.74, 6) is -0.204. The van der Waals surface area contributed by atoms with Crippen LogP contribution < -0.4 is 0 Å². The van der Waals surface area contributed by atoms with E-state index in [0.717, 1.165) is 18.8 Å². The van der Waals surface area contributed by atoms with Gasteiger partial charge in [0.05, 0.1) is 0 Å². The van der Waals surface area contributed by atoms with Crippen molar-refractivity contribution in [1.82, 2.24) is 14.8 Å². The molecular formula is C19H22FN3O. The largest absolute Gasteiger partial charge is 0.335 e. The Morgan fingerprint density at radius 3 is 2.46 bits per heavy atom. The standard InChI is InChI=1S/C19H22FN3O/c1-14-6-5-9-18(21-14)19(24)23-12-10-22(11-13-23)15(2)16-7-3-4-8-17(16)20/h3-9,15H,10-13H2,1-2H3. The van der Waals surface area contributed by atoms with Gasteiger partial charge in [-0.05, 0) is 32.0 Å². The normalized spacial score (nSPS) is 16.9. The minimum atomic E-state index is -0.174. The topological polar surface area (TPSA) is 36.4 Å². The molecule has 1 fully saturated rings. The quantitative estimate of drug-likeness (QED) is 0.869. The van der Waals surface area contributed by atoms with E-state index in [9.17, 15) is 9.18 Å². The van der Waals surface area contributed by atoms with Gasteiger partial charge < -0.3 is 4.90 Å². The molecule has 5 heteroatoms. The molecule has 1 aromatic heterocycles. The molecule has 0 saturated carbocycles. The molecule has 1 saturated heterocycles. The molecule has 0 spiro atoms. The SMILES string of the molecule is Cc1cccc(C(=O)N2CCN(C(C)c3ccccc3F)CC2)n1. The Morgan fingerprint density at radius 1 is 1.08 bits per heavy atom. The van der Waals surface area contributed by atoms with Gasteiger partial charge in [0.15, 0.2) is 0 Å². The van der Waals surface area contributed by atoms with Gasteiger partial charge >= 0.3 is 0 Å². The van der Waals surface area contributed by atoms with Crippen LogP contribution in [0.15, 0.2) is 42.5 Å². The van der Waals surface area contributed by atoms with Crippen molar-refractivity contribution >= 4 is 5.91 Å². The van der Waals surface area contributed by atoms with Crippen LogP contribution in [0.5, 0.6) is 0 Å². The minimum Gasteiger partial charge on any atom is -0.335 e. The fraction of sp³-hybridized carbons (Fsp3) is 0.368. The maximum atomic E-state index is 14.0. The van der Waals surface area contributed by atoms with Gasteiger partial charge in [-0.3, -0.25) is 9.69 Å². The molecule has 24 heavy (non-hydrogen) atoms. The average Bonchev–Trinajstić information content (AvgIpc) is 2.61. The molecule has 1 aliphatic heterocycles. The van der Waals surface area contributed by atoms with Crippen molar-refractivity contribution in [3.63, 3.8) is 0 Å². The zero-order valence-electron chi connectivity index (χ0n) is 14.1. The van der Waals surface area contributed by atoms with Crippen LogP contribution in [0.25, 0.3) is 0 Å². The number of carbonyl (C=O) groups excluding carboxylic acids is 1. The van der Waals surface area contributed by atoms with E-state index in [1.807, 2.05) is 43.0 Å². The molecule has 1 aromatic carbocycles. The van der Waals surface area contributed by atoms with E-state index in [-0.39, 0.29) is 17.8 Å². The molecule has 1 atom stereocenters. The van der Waals surface area contributed by atoms with Gasteiger partial charge in [0.25, 0.3) is 5.91 Å². The van der Waals surface area contributed by atoms with Crippen LogP contribution in [0.2, 0.25) is 0 Å². The monoisotopic (exact) mass is 327 g/mol. The highest BCUT2D eigenvalue weighted by molar-refractivity contribution is 5.92. The van der Waals surface area contributed by atoms with Gasteiger partial charge in [0.1, 0.15) is 11.5 Å². The van der Waals surface area contributed by atoms with Crippen LogP contribution in [0.3, 0.4) is 0 Å². The van der Waals surface area contributed by atoms with Gasteiger partial charge in [0, 0.05) is 43.5 Å². The van der Waals surface area contributed by atoms with Crippen molar-refractivity contribution in [3.8, 4) is 0 Å². The highest BCUT2D eigenvalue weighted by Gasteiger charge is 2.26. The third-order valence-electron chi connectivity index (χ3n) is 4.61. The highest BCUT2D eigenvalue weighted by atomic mass is 19.1. The molecule has 1 unspecified atom stereocenters. The van der Waals surface area contributed by atoms with Crippen LogP contribution in [-0.4, -0.2) is 46.9 Å². The Hall–Kier alpha value is -2.27. The first-order valence-electron chi connectivity index (χ1n) is 8.27. The summed E-state index contributed by atoms with van der Waals surface area (Å²) in [6.07, 6.45) is 0. The average molecular weight is 327 g/mol. The lowest BCUT2D eigenvalue weighted by atomic mass is 10.1. The third kappa shape index (κ3) is 3.46. The van der Waals surface area contributed by atoms with Crippen molar-refractivity contribution in [3.05, 3.63) is 65.2 Å². The van der Waals surface area contributed by atoms with Gasteiger partial charge in [-0.25, -0.2) is 9.37 Å². The predicted molar refractivity (Wildman–Crippen MR) is 91.3 cm³/mol. The fourth-order valence-corrected chi connectivity index (χ4v) is 3.15. The number of amides is 1. The lowest BCUT2D eigenvalue weighted by Crippen LogP contribution is -2.49. The molecule has 4 nitrogen and oxygen atoms in total. The number of benzene rings is 1. The number of pyridine rings is 1. The maximum Gasteiger partial charge on any atom is 0.272 e. The number of hydrogen-bond acceptors (Lipinski definition) is 3. The highest BCUT2D eigenvalue weighted by Crippen LogP contribution is 2.24. The number of carbonyl (C=O) groups is 1. The first-order valence-corrected chi connectivity index (χ1v) is 8.27. The number of aromatic nitrogens is 1. The van der Waals surface area contributed by atoms with Crippen LogP contribution in [0, 0.1) is 12.7 Å². The lowest BCUT2D eigenvalue weighted by Gasteiger charge is -2.38. The van der Waals surface area contributed by atoms with Crippen molar-refractivity contribution in [1.29, 1.82) is 0 Å². The number of aryl methyl sites for hydroxylation is 1. The molecule has 3 rings (SSSR count). The van der Waals surface area contributed by atoms with Gasteiger partial charge in [0.2, 0.25) is 0 Å². The number of piperazine rings is 1. The van der Waals surface area contributed by atoms with E-state index in [0.29, 0.717) is 24.3 Å². The summed E-state index contributed by atoms with van der Waals surface area (Å²) in [5, 5.41) is 0. The predicted octanol–water partition coefficient (Wildman–Crippen LogP) is 3.05. The first-order chi connectivity index (χ1) is 11.6. The Morgan fingerprint density at radius 2 is 1.79 bits per heavy atom. The fourth-order valence-electron chi connectivity index (χ4n) is 3.15. The molecule has 2 heterocycles. The van der Waals surface area contributed by atoms with Crippen molar-refractivity contribution < 1.29 is 9.18 Å². The number of rotatable bonds is 3. The summed E-state index contributed by atoms with van der Waals surface area (Å²) in [6.45, 7) is 6.61. The number of halogens is 1. The van der Waals surface area contributed by atoms with E-state index in [1.165, 1.54) is 6.07 Å². The maximum absolute atomic E-state index is 14.0. The summed E-state index contributed by atoms with van der Waals surface area (Å²) in [7, 11) is 0. The van der Waals surface area contributed by atoms with Crippen molar-refractivity contribution in [2.75, 3.05) is 26.2 Å². The zero-order valence-corrected chi connectivity index (χ0v) is 14.1. The molecule has 0 aliphatic carbocycles. The number of nitrogens with zero attached hydrogens (tertiary/aromatic N) is 3. The van der Waals surface area contributed by atoms with E-state index in [2.05, 4.69) is 9.88 Å². The molecule has 1 amide bonds. The Balaban J connectivity index is 1.63. The summed E-state index contributed by atoms with van der Waals surface area (Å²) in [6, 6.07) is 12.4. The second-order valence-corrected chi connectivity index (χ2v) is 6.19. The van der Waals surface area contributed by atoms with Crippen molar-refractivity contribution in [2.24, 2.45) is 0 Å². The van der Waals surface area contributed by atoms with Crippen LogP contribution in [0.4, 0.5) is 4.39 Å². The smallest absolute Gasteiger partial charge is 0.272 e. The minimum absolute atomic E-state index is 0.000506. The molecule has 0 bridgehead atoms. The van der Waals surface area contributed by atoms with Gasteiger partial charge in [-0.2, -0.15) is 0 Å². The van der Waals surface area contributed by atoms with E-state index in [4.69, 9.17) is 0 Å². The Bertz CT molecular complexity index is 726. The Kier molecular flexibility index (Phi) is 4.90. The first kappa shape index (κ1) is 16.6. The molecule has 0 radical (unpaired) electrons. The van der Waals surface area contributed by atoms with E-state index in [1.54, 1.807) is 12.1 Å². The second kappa shape index (κ2) is 7.09. The molecular weight excluding hydrogens is 305 g/mol. The summed E-state index contributed by atoms with van der Waals surface area (Å²) in [4.78, 5) is 20.9. The number of hydrogen-bond donors (Lipinski definition) is 0. The lowest BCUT2D eigenvalue weighted by molar-refractivity contribution is 0.0573. The third-order valence-corrected chi connectivity index (χ3v) is 4.61. The van der Waals surface area contributed by atoms with Crippen LogP contribution in [-0.2, 0) is 0 Å². The molecule has 126 valence electrons. The van der Waals surface area contributed by atoms with Crippen molar-refractivity contribution in [2.45, 2.75) is 19.9 Å². The van der Waals surface area contributed by atoms with Gasteiger partial charge in [-0.1, -0.05) is 24.3 Å². The summed E-state index contributed by atoms with van der Waals surface area (Å²) in [5.41, 5.74) is 2.04. The summed E-state index contributed by atoms with van der Waals surface area (Å²) >= 11 is 0. The van der Waals surface area contributed by atoms with Gasteiger partial charge in [-0.15, -0.1) is 0 Å². The molecule has 1 aliphatic rings. The van der Waals surface area contributed by atoms with E-state index < -0.39 is 0 Å². The van der Waals surface area contributed by atoms with E-state index >= 15 is 0 Å². The summed E-state index contributed by atoms with van der Waals surface area (Å²) < 4.78 is 14.0. The molecule has 2 aromatic rings. The molecule has 0 N–H and O–H groups in total. The van der Waals surface area contributed by atoms with Crippen LogP contribution in [0.1, 0.15) is 34.7 Å². The second-order valence-electron chi connectivity index (χ2n) is 6.19. The van der Waals surface area contributed by atoms with Crippen LogP contribution >= 0.6 is 0 Å². The zero-order chi connectivity index (χ0) is 17.1. The Labute approximate surface area is 141 Å².